The molecule has 0 aromatic heterocycles. The average molecular weight is 492 g/mol. The Morgan fingerprint density at radius 3 is 2.81 bits per heavy atom. The summed E-state index contributed by atoms with van der Waals surface area (Å²) in [6.07, 6.45) is 1.72. The number of fused-ring (bicyclic) bond motifs is 1. The van der Waals surface area contributed by atoms with Gasteiger partial charge in [-0.1, -0.05) is 41.6 Å². The first-order valence-corrected chi connectivity index (χ1v) is 10.8. The van der Waals surface area contributed by atoms with Gasteiger partial charge in [0.15, 0.2) is 11.5 Å². The molecule has 2 heterocycles. The normalized spacial score (nSPS) is 16.0. The van der Waals surface area contributed by atoms with Gasteiger partial charge in [0.05, 0.1) is 20.4 Å². The van der Waals surface area contributed by atoms with Gasteiger partial charge in [-0.15, -0.1) is 0 Å². The standard InChI is InChI=1S/C20H14ClN3O6S2/c21-14-9-12(24(27)28)2-3-13(14)18(25)22-5-6-23-19(26)17(32-20(23)31)8-11-1-4-15-16(7-11)30-10-29-15/h1-4,7-9H,5-6,10H2,(H,22,25)/b17-8+. The van der Waals surface area contributed by atoms with E-state index in [4.69, 9.17) is 33.3 Å². The van der Waals surface area contributed by atoms with Crippen molar-refractivity contribution < 1.29 is 24.0 Å². The number of carbonyl (C=O) groups excluding carboxylic acids is 2. The molecule has 9 nitrogen and oxygen atoms in total. The highest BCUT2D eigenvalue weighted by molar-refractivity contribution is 8.26. The average Bonchev–Trinajstić information content (AvgIpc) is 3.32. The van der Waals surface area contributed by atoms with Crippen molar-refractivity contribution in [2.45, 2.75) is 0 Å². The van der Waals surface area contributed by atoms with Crippen LogP contribution in [-0.2, 0) is 4.79 Å². The van der Waals surface area contributed by atoms with Crippen LogP contribution < -0.4 is 14.8 Å². The summed E-state index contributed by atoms with van der Waals surface area (Å²) in [6.45, 7) is 0.451. The second kappa shape index (κ2) is 9.15. The number of hydrogen-bond acceptors (Lipinski definition) is 8. The Kier molecular flexibility index (Phi) is 6.31. The largest absolute Gasteiger partial charge is 0.454 e. The molecule has 0 unspecified atom stereocenters. The SMILES string of the molecule is O=C(NCCN1C(=O)/C(=C\c2ccc3c(c2)OCO3)SC1=S)c1ccc([N+](=O)[O-])cc1Cl. The van der Waals surface area contributed by atoms with E-state index in [0.29, 0.717) is 20.7 Å². The van der Waals surface area contributed by atoms with Crippen LogP contribution in [0.1, 0.15) is 15.9 Å². The fourth-order valence-corrected chi connectivity index (χ4v) is 4.59. The Labute approximate surface area is 196 Å². The molecule has 12 heteroatoms. The third kappa shape index (κ3) is 4.54. The Bertz CT molecular complexity index is 1190. The highest BCUT2D eigenvalue weighted by Gasteiger charge is 2.32. The number of ether oxygens (including phenoxy) is 2. The second-order valence-electron chi connectivity index (χ2n) is 6.62. The lowest BCUT2D eigenvalue weighted by Crippen LogP contribution is -2.37. The van der Waals surface area contributed by atoms with E-state index in [1.165, 1.54) is 28.8 Å². The molecule has 2 aliphatic rings. The van der Waals surface area contributed by atoms with E-state index in [0.717, 1.165) is 11.6 Å². The zero-order valence-corrected chi connectivity index (χ0v) is 18.6. The van der Waals surface area contributed by atoms with Crippen LogP contribution in [0.2, 0.25) is 5.02 Å². The Morgan fingerprint density at radius 1 is 1.28 bits per heavy atom. The maximum Gasteiger partial charge on any atom is 0.270 e. The maximum absolute atomic E-state index is 12.8. The molecule has 164 valence electrons. The predicted molar refractivity (Wildman–Crippen MR) is 123 cm³/mol. The van der Waals surface area contributed by atoms with E-state index in [2.05, 4.69) is 5.32 Å². The third-order valence-electron chi connectivity index (χ3n) is 4.60. The van der Waals surface area contributed by atoms with E-state index >= 15 is 0 Å². The van der Waals surface area contributed by atoms with Gasteiger partial charge in [0.2, 0.25) is 6.79 Å². The molecule has 1 fully saturated rings. The summed E-state index contributed by atoms with van der Waals surface area (Å²) >= 11 is 12.5. The van der Waals surface area contributed by atoms with E-state index in [1.54, 1.807) is 18.2 Å². The predicted octanol–water partition coefficient (Wildman–Crippen LogP) is 3.61. The molecule has 0 radical (unpaired) electrons. The summed E-state index contributed by atoms with van der Waals surface area (Å²) in [6, 6.07) is 8.96. The van der Waals surface area contributed by atoms with Crippen molar-refractivity contribution in [2.75, 3.05) is 19.9 Å². The van der Waals surface area contributed by atoms with Crippen molar-refractivity contribution in [3.63, 3.8) is 0 Å². The molecule has 0 bridgehead atoms. The number of nitrogens with zero attached hydrogens (tertiary/aromatic N) is 2. The van der Waals surface area contributed by atoms with E-state index in [-0.39, 0.29) is 42.1 Å². The molecule has 0 saturated carbocycles. The number of thioether (sulfide) groups is 1. The lowest BCUT2D eigenvalue weighted by Gasteiger charge is -2.15. The summed E-state index contributed by atoms with van der Waals surface area (Å²) in [7, 11) is 0. The molecular formula is C20H14ClN3O6S2. The minimum absolute atomic E-state index is 0.0334. The van der Waals surface area contributed by atoms with Gasteiger partial charge >= 0.3 is 0 Å². The first-order valence-electron chi connectivity index (χ1n) is 9.20. The van der Waals surface area contributed by atoms with Gasteiger partial charge in [0.25, 0.3) is 17.5 Å². The monoisotopic (exact) mass is 491 g/mol. The fourth-order valence-electron chi connectivity index (χ4n) is 3.03. The lowest BCUT2D eigenvalue weighted by molar-refractivity contribution is -0.384. The second-order valence-corrected chi connectivity index (χ2v) is 8.71. The van der Waals surface area contributed by atoms with Crippen LogP contribution >= 0.6 is 35.6 Å². The van der Waals surface area contributed by atoms with Crippen LogP contribution in [-0.4, -0.2) is 45.8 Å². The zero-order chi connectivity index (χ0) is 22.8. The van der Waals surface area contributed by atoms with Gasteiger partial charge in [-0.3, -0.25) is 24.6 Å². The summed E-state index contributed by atoms with van der Waals surface area (Å²) in [5.41, 5.74) is 0.666. The Balaban J connectivity index is 1.37. The molecule has 0 spiro atoms. The molecule has 0 atom stereocenters. The summed E-state index contributed by atoms with van der Waals surface area (Å²) < 4.78 is 11.0. The van der Waals surface area contributed by atoms with Crippen LogP contribution in [0.3, 0.4) is 0 Å². The Hall–Kier alpha value is -3.15. The summed E-state index contributed by atoms with van der Waals surface area (Å²) in [5, 5.41) is 13.4. The first kappa shape index (κ1) is 22.1. The molecule has 1 saturated heterocycles. The number of carbonyl (C=O) groups is 2. The number of halogens is 1. The van der Waals surface area contributed by atoms with Gasteiger partial charge in [-0.25, -0.2) is 0 Å². The van der Waals surface area contributed by atoms with Gasteiger partial charge < -0.3 is 14.8 Å². The van der Waals surface area contributed by atoms with Gasteiger partial charge in [0, 0.05) is 25.2 Å². The van der Waals surface area contributed by atoms with Crippen LogP contribution in [0.5, 0.6) is 11.5 Å². The number of amides is 2. The number of hydrogen-bond donors (Lipinski definition) is 1. The van der Waals surface area contributed by atoms with Crippen LogP contribution in [0, 0.1) is 10.1 Å². The molecule has 32 heavy (non-hydrogen) atoms. The van der Waals surface area contributed by atoms with Gasteiger partial charge in [-0.2, -0.15) is 0 Å². The van der Waals surface area contributed by atoms with Crippen LogP contribution in [0.4, 0.5) is 5.69 Å². The highest BCUT2D eigenvalue weighted by Crippen LogP contribution is 2.36. The lowest BCUT2D eigenvalue weighted by atomic mass is 10.2. The number of rotatable bonds is 6. The topological polar surface area (TPSA) is 111 Å². The molecule has 0 aliphatic carbocycles. The van der Waals surface area contributed by atoms with Crippen molar-refractivity contribution in [2.24, 2.45) is 0 Å². The minimum atomic E-state index is -0.597. The number of thiocarbonyl (C=S) groups is 1. The first-order chi connectivity index (χ1) is 15.3. The van der Waals surface area contributed by atoms with Crippen molar-refractivity contribution in [1.29, 1.82) is 0 Å². The number of nitrogens with one attached hydrogen (secondary N) is 1. The quantitative estimate of drug-likeness (QED) is 0.282. The number of nitro groups is 1. The van der Waals surface area contributed by atoms with Crippen molar-refractivity contribution in [3.8, 4) is 11.5 Å². The van der Waals surface area contributed by atoms with Gasteiger partial charge in [-0.05, 0) is 29.8 Å². The molecule has 1 N–H and O–H groups in total. The fraction of sp³-hybridized carbons (Fsp3) is 0.150. The number of benzene rings is 2. The third-order valence-corrected chi connectivity index (χ3v) is 6.29. The van der Waals surface area contributed by atoms with Gasteiger partial charge in [0.1, 0.15) is 4.32 Å². The number of nitro benzene ring substituents is 1. The molecule has 2 amide bonds. The molecular weight excluding hydrogens is 478 g/mol. The molecule has 2 aromatic rings. The Morgan fingerprint density at radius 2 is 2.06 bits per heavy atom. The molecule has 2 aromatic carbocycles. The van der Waals surface area contributed by atoms with E-state index in [1.807, 2.05) is 6.07 Å². The highest BCUT2D eigenvalue weighted by atomic mass is 35.5. The molecule has 2 aliphatic heterocycles. The van der Waals surface area contributed by atoms with Crippen molar-refractivity contribution >= 4 is 63.5 Å². The van der Waals surface area contributed by atoms with Crippen LogP contribution in [0.25, 0.3) is 6.08 Å². The number of non-ortho nitro benzene ring substituents is 1. The van der Waals surface area contributed by atoms with Crippen molar-refractivity contribution in [1.82, 2.24) is 10.2 Å². The smallest absolute Gasteiger partial charge is 0.270 e. The van der Waals surface area contributed by atoms with E-state index in [9.17, 15) is 19.7 Å². The minimum Gasteiger partial charge on any atom is -0.454 e. The summed E-state index contributed by atoms with van der Waals surface area (Å²) in [4.78, 5) is 37.1. The molecule has 4 rings (SSSR count). The van der Waals surface area contributed by atoms with Crippen molar-refractivity contribution in [3.05, 3.63) is 67.6 Å². The van der Waals surface area contributed by atoms with Crippen LogP contribution in [0.15, 0.2) is 41.3 Å². The zero-order valence-electron chi connectivity index (χ0n) is 16.2. The summed E-state index contributed by atoms with van der Waals surface area (Å²) in [5.74, 6) is 0.493. The van der Waals surface area contributed by atoms with E-state index < -0.39 is 10.8 Å². The maximum atomic E-state index is 12.8.